The van der Waals surface area contributed by atoms with Gasteiger partial charge < -0.3 is 16.4 Å². The molecular formula is C13H19ClN4O2. The van der Waals surface area contributed by atoms with Crippen LogP contribution >= 0.6 is 11.6 Å². The van der Waals surface area contributed by atoms with Gasteiger partial charge in [-0.25, -0.2) is 4.98 Å². The summed E-state index contributed by atoms with van der Waals surface area (Å²) in [4.78, 5) is 27.6. The normalized spacial score (nSPS) is 12.7. The summed E-state index contributed by atoms with van der Waals surface area (Å²) >= 11 is 5.80. The lowest BCUT2D eigenvalue weighted by Crippen LogP contribution is -2.50. The highest BCUT2D eigenvalue weighted by molar-refractivity contribution is 6.33. The fourth-order valence-corrected chi connectivity index (χ4v) is 1.56. The summed E-state index contributed by atoms with van der Waals surface area (Å²) in [5.41, 5.74) is 5.36. The lowest BCUT2D eigenvalue weighted by molar-refractivity contribution is -0.124. The Kier molecular flexibility index (Phi) is 4.94. The maximum Gasteiger partial charge on any atom is 0.253 e. The van der Waals surface area contributed by atoms with Gasteiger partial charge in [0, 0.05) is 11.7 Å². The zero-order valence-electron chi connectivity index (χ0n) is 12.0. The van der Waals surface area contributed by atoms with Crippen LogP contribution in [-0.2, 0) is 4.79 Å². The average molecular weight is 299 g/mol. The lowest BCUT2D eigenvalue weighted by atomic mass is 10.1. The molecule has 20 heavy (non-hydrogen) atoms. The molecule has 1 unspecified atom stereocenters. The monoisotopic (exact) mass is 298 g/mol. The molecule has 1 aromatic rings. The van der Waals surface area contributed by atoms with Gasteiger partial charge in [0.1, 0.15) is 11.9 Å². The van der Waals surface area contributed by atoms with E-state index in [0.29, 0.717) is 0 Å². The first-order valence-corrected chi connectivity index (χ1v) is 6.52. The van der Waals surface area contributed by atoms with Crippen molar-refractivity contribution in [1.82, 2.24) is 15.6 Å². The standard InChI is InChI=1S/C13H19ClN4O2/c1-7(11(19)18-13(2,3)4)17-12(20)8-5-9(14)10(15)16-6-8/h5-7H,1-4H3,(H2,15,16)(H,17,20)(H,18,19). The summed E-state index contributed by atoms with van der Waals surface area (Å²) in [7, 11) is 0. The van der Waals surface area contributed by atoms with Crippen LogP contribution in [0, 0.1) is 0 Å². The second-order valence-electron chi connectivity index (χ2n) is 5.53. The van der Waals surface area contributed by atoms with Crippen molar-refractivity contribution in [1.29, 1.82) is 0 Å². The van der Waals surface area contributed by atoms with Gasteiger partial charge in [-0.3, -0.25) is 9.59 Å². The van der Waals surface area contributed by atoms with E-state index in [1.165, 1.54) is 12.3 Å². The first kappa shape index (κ1) is 16.2. The molecule has 1 heterocycles. The Morgan fingerprint density at radius 2 is 2.00 bits per heavy atom. The highest BCUT2D eigenvalue weighted by Crippen LogP contribution is 2.16. The van der Waals surface area contributed by atoms with Crippen LogP contribution in [0.5, 0.6) is 0 Å². The van der Waals surface area contributed by atoms with Gasteiger partial charge in [-0.1, -0.05) is 11.6 Å². The third-order valence-corrected chi connectivity index (χ3v) is 2.67. The summed E-state index contributed by atoms with van der Waals surface area (Å²) in [6.07, 6.45) is 1.31. The minimum Gasteiger partial charge on any atom is -0.382 e. The molecule has 0 saturated carbocycles. The van der Waals surface area contributed by atoms with Gasteiger partial charge in [0.05, 0.1) is 10.6 Å². The number of hydrogen-bond acceptors (Lipinski definition) is 4. The largest absolute Gasteiger partial charge is 0.382 e. The first-order chi connectivity index (χ1) is 9.10. The number of nitrogens with one attached hydrogen (secondary N) is 2. The third-order valence-electron chi connectivity index (χ3n) is 2.37. The molecule has 1 atom stereocenters. The topological polar surface area (TPSA) is 97.1 Å². The lowest BCUT2D eigenvalue weighted by Gasteiger charge is -2.23. The third kappa shape index (κ3) is 4.70. The molecule has 110 valence electrons. The van der Waals surface area contributed by atoms with E-state index in [9.17, 15) is 9.59 Å². The van der Waals surface area contributed by atoms with E-state index in [2.05, 4.69) is 15.6 Å². The number of halogens is 1. The Balaban J connectivity index is 2.70. The molecule has 0 aliphatic heterocycles. The second kappa shape index (κ2) is 6.09. The Morgan fingerprint density at radius 1 is 1.40 bits per heavy atom. The number of aromatic nitrogens is 1. The summed E-state index contributed by atoms with van der Waals surface area (Å²) in [6, 6.07) is 0.742. The van der Waals surface area contributed by atoms with Crippen LogP contribution < -0.4 is 16.4 Å². The molecule has 0 radical (unpaired) electrons. The molecule has 0 spiro atoms. The van der Waals surface area contributed by atoms with Crippen molar-refractivity contribution in [3.8, 4) is 0 Å². The molecule has 4 N–H and O–H groups in total. The Labute approximate surface area is 123 Å². The molecule has 0 aliphatic carbocycles. The van der Waals surface area contributed by atoms with Gasteiger partial charge in [-0.2, -0.15) is 0 Å². The molecule has 0 saturated heterocycles. The number of nitrogen functional groups attached to an aromatic ring is 1. The molecule has 0 aromatic carbocycles. The van der Waals surface area contributed by atoms with Crippen molar-refractivity contribution >= 4 is 29.2 Å². The fourth-order valence-electron chi connectivity index (χ4n) is 1.40. The van der Waals surface area contributed by atoms with E-state index < -0.39 is 11.9 Å². The van der Waals surface area contributed by atoms with Crippen molar-refractivity contribution in [2.24, 2.45) is 0 Å². The van der Waals surface area contributed by atoms with Crippen LogP contribution in [-0.4, -0.2) is 28.4 Å². The number of nitrogens with two attached hydrogens (primary N) is 1. The van der Waals surface area contributed by atoms with E-state index in [1.807, 2.05) is 20.8 Å². The Morgan fingerprint density at radius 3 is 2.50 bits per heavy atom. The van der Waals surface area contributed by atoms with Crippen LogP contribution in [0.4, 0.5) is 5.82 Å². The summed E-state index contributed by atoms with van der Waals surface area (Å²) in [5.74, 6) is -0.543. The number of pyridine rings is 1. The maximum absolute atomic E-state index is 12.0. The molecule has 0 bridgehead atoms. The minimum atomic E-state index is -0.668. The molecule has 7 heteroatoms. The van der Waals surface area contributed by atoms with Crippen LogP contribution in [0.3, 0.4) is 0 Å². The molecule has 2 amide bonds. The zero-order valence-corrected chi connectivity index (χ0v) is 12.7. The van der Waals surface area contributed by atoms with Gasteiger partial charge in [-0.05, 0) is 33.8 Å². The zero-order chi connectivity index (χ0) is 15.5. The van der Waals surface area contributed by atoms with Gasteiger partial charge in [0.15, 0.2) is 0 Å². The second-order valence-corrected chi connectivity index (χ2v) is 5.93. The molecule has 1 aromatic heterocycles. The van der Waals surface area contributed by atoms with Gasteiger partial charge in [0.2, 0.25) is 5.91 Å². The maximum atomic E-state index is 12.0. The highest BCUT2D eigenvalue weighted by Gasteiger charge is 2.21. The molecule has 6 nitrogen and oxygen atoms in total. The number of amides is 2. The van der Waals surface area contributed by atoms with Gasteiger partial charge >= 0.3 is 0 Å². The molecular weight excluding hydrogens is 280 g/mol. The van der Waals surface area contributed by atoms with Crippen LogP contribution in [0.15, 0.2) is 12.3 Å². The number of rotatable bonds is 3. The number of nitrogens with zero attached hydrogens (tertiary/aromatic N) is 1. The summed E-state index contributed by atoms with van der Waals surface area (Å²) < 4.78 is 0. The van der Waals surface area contributed by atoms with E-state index >= 15 is 0 Å². The first-order valence-electron chi connectivity index (χ1n) is 6.14. The number of hydrogen-bond donors (Lipinski definition) is 3. The van der Waals surface area contributed by atoms with E-state index in [0.717, 1.165) is 0 Å². The average Bonchev–Trinajstić information content (AvgIpc) is 2.30. The van der Waals surface area contributed by atoms with Crippen molar-refractivity contribution < 1.29 is 9.59 Å². The Hall–Kier alpha value is -1.82. The smallest absolute Gasteiger partial charge is 0.253 e. The van der Waals surface area contributed by atoms with E-state index in [4.69, 9.17) is 17.3 Å². The van der Waals surface area contributed by atoms with Crippen molar-refractivity contribution in [2.75, 3.05) is 5.73 Å². The predicted octanol–water partition coefficient (Wildman–Crippen LogP) is 1.35. The Bertz CT molecular complexity index is 526. The van der Waals surface area contributed by atoms with E-state index in [1.54, 1.807) is 6.92 Å². The predicted molar refractivity (Wildman–Crippen MR) is 78.5 cm³/mol. The highest BCUT2D eigenvalue weighted by atomic mass is 35.5. The van der Waals surface area contributed by atoms with Crippen molar-refractivity contribution in [2.45, 2.75) is 39.3 Å². The molecule has 0 fully saturated rings. The van der Waals surface area contributed by atoms with E-state index in [-0.39, 0.29) is 27.9 Å². The van der Waals surface area contributed by atoms with Crippen LogP contribution in [0.25, 0.3) is 0 Å². The fraction of sp³-hybridized carbons (Fsp3) is 0.462. The quantitative estimate of drug-likeness (QED) is 0.784. The van der Waals surface area contributed by atoms with Crippen molar-refractivity contribution in [3.05, 3.63) is 22.8 Å². The SMILES string of the molecule is CC(NC(=O)c1cnc(N)c(Cl)c1)C(=O)NC(C)(C)C. The van der Waals surface area contributed by atoms with Gasteiger partial charge in [0.25, 0.3) is 5.91 Å². The summed E-state index contributed by atoms with van der Waals surface area (Å²) in [5, 5.41) is 5.55. The number of carbonyl (C=O) groups excluding carboxylic acids is 2. The minimum absolute atomic E-state index is 0.154. The van der Waals surface area contributed by atoms with Crippen molar-refractivity contribution in [3.63, 3.8) is 0 Å². The van der Waals surface area contributed by atoms with Gasteiger partial charge in [-0.15, -0.1) is 0 Å². The molecule has 0 aliphatic rings. The van der Waals surface area contributed by atoms with Crippen LogP contribution in [0.2, 0.25) is 5.02 Å². The number of anilines is 1. The van der Waals surface area contributed by atoms with Crippen LogP contribution in [0.1, 0.15) is 38.1 Å². The molecule has 1 rings (SSSR count). The number of carbonyl (C=O) groups is 2. The summed E-state index contributed by atoms with van der Waals surface area (Å²) in [6.45, 7) is 7.20.